The molecule has 0 spiro atoms. The summed E-state index contributed by atoms with van der Waals surface area (Å²) in [4.78, 5) is 2.01. The second-order valence-corrected chi connectivity index (χ2v) is 8.29. The van der Waals surface area contributed by atoms with Crippen molar-refractivity contribution in [2.75, 3.05) is 20.6 Å². The minimum absolute atomic E-state index is 0.0197. The molecule has 7 heteroatoms. The minimum Gasteiger partial charge on any atom is -0.301 e. The van der Waals surface area contributed by atoms with Crippen molar-refractivity contribution in [1.82, 2.24) is 9.62 Å². The first kappa shape index (κ1) is 17.4. The monoisotopic (exact) mass is 358 g/mol. The van der Waals surface area contributed by atoms with Crippen LogP contribution < -0.4 is 4.72 Å². The predicted molar refractivity (Wildman–Crippen MR) is 92.8 cm³/mol. The highest BCUT2D eigenvalue weighted by Gasteiger charge is 2.18. The Bertz CT molecular complexity index is 683. The van der Waals surface area contributed by atoms with Crippen molar-refractivity contribution in [3.63, 3.8) is 0 Å². The van der Waals surface area contributed by atoms with Crippen LogP contribution in [0.4, 0.5) is 0 Å². The number of thiophene rings is 1. The average Bonchev–Trinajstić information content (AvgIpc) is 2.95. The molecule has 0 saturated heterocycles. The molecule has 0 bridgehead atoms. The van der Waals surface area contributed by atoms with Gasteiger partial charge in [0.2, 0.25) is 10.0 Å². The van der Waals surface area contributed by atoms with Gasteiger partial charge in [0, 0.05) is 17.6 Å². The van der Waals surface area contributed by atoms with Crippen LogP contribution in [0.3, 0.4) is 0 Å². The van der Waals surface area contributed by atoms with E-state index in [0.717, 1.165) is 5.56 Å². The zero-order chi connectivity index (χ0) is 16.2. The van der Waals surface area contributed by atoms with Crippen molar-refractivity contribution in [2.24, 2.45) is 0 Å². The van der Waals surface area contributed by atoms with Crippen LogP contribution in [0.15, 0.2) is 41.1 Å². The van der Waals surface area contributed by atoms with Crippen LogP contribution in [0.25, 0.3) is 0 Å². The van der Waals surface area contributed by atoms with Gasteiger partial charge in [0.05, 0.1) is 5.75 Å². The van der Waals surface area contributed by atoms with E-state index in [-0.39, 0.29) is 11.8 Å². The quantitative estimate of drug-likeness (QED) is 0.827. The summed E-state index contributed by atoms with van der Waals surface area (Å²) in [5.74, 6) is -0.0477. The molecule has 0 aliphatic carbocycles. The van der Waals surface area contributed by atoms with Gasteiger partial charge in [-0.1, -0.05) is 23.7 Å². The maximum Gasteiger partial charge on any atom is 0.215 e. The van der Waals surface area contributed by atoms with Crippen molar-refractivity contribution < 1.29 is 8.42 Å². The van der Waals surface area contributed by atoms with E-state index in [1.54, 1.807) is 35.6 Å². The summed E-state index contributed by atoms with van der Waals surface area (Å²) in [5.41, 5.74) is 1.83. The molecule has 120 valence electrons. The van der Waals surface area contributed by atoms with Crippen LogP contribution in [0, 0.1) is 0 Å². The zero-order valence-corrected chi connectivity index (χ0v) is 14.9. The van der Waals surface area contributed by atoms with E-state index in [2.05, 4.69) is 4.72 Å². The third-order valence-electron chi connectivity index (χ3n) is 3.32. The van der Waals surface area contributed by atoms with Gasteiger partial charge in [-0.05, 0) is 54.2 Å². The molecular formula is C15H19ClN2O2S2. The predicted octanol–water partition coefficient (Wildman–Crippen LogP) is 3.12. The van der Waals surface area contributed by atoms with Gasteiger partial charge in [-0.15, -0.1) is 0 Å². The molecule has 0 radical (unpaired) electrons. The maximum absolute atomic E-state index is 12.2. The smallest absolute Gasteiger partial charge is 0.215 e. The van der Waals surface area contributed by atoms with Crippen molar-refractivity contribution in [3.8, 4) is 0 Å². The van der Waals surface area contributed by atoms with Crippen LogP contribution >= 0.6 is 22.9 Å². The highest BCUT2D eigenvalue weighted by Crippen LogP contribution is 2.20. The summed E-state index contributed by atoms with van der Waals surface area (Å²) in [6.07, 6.45) is 0. The van der Waals surface area contributed by atoms with Gasteiger partial charge in [0.25, 0.3) is 0 Å². The molecule has 2 rings (SSSR count). The Balaban J connectivity index is 2.00. The molecule has 4 nitrogen and oxygen atoms in total. The Morgan fingerprint density at radius 2 is 1.91 bits per heavy atom. The highest BCUT2D eigenvalue weighted by molar-refractivity contribution is 7.88. The number of likely N-dealkylation sites (N-methyl/N-ethyl adjacent to an activating group) is 1. The lowest BCUT2D eigenvalue weighted by atomic mass is 10.1. The van der Waals surface area contributed by atoms with E-state index >= 15 is 0 Å². The molecule has 22 heavy (non-hydrogen) atoms. The lowest BCUT2D eigenvalue weighted by molar-refractivity contribution is 0.300. The molecule has 1 heterocycles. The lowest BCUT2D eigenvalue weighted by Gasteiger charge is -2.24. The van der Waals surface area contributed by atoms with Crippen molar-refractivity contribution in [2.45, 2.75) is 11.8 Å². The summed E-state index contributed by atoms with van der Waals surface area (Å²) in [6.45, 7) is 0.347. The largest absolute Gasteiger partial charge is 0.301 e. The number of halogens is 1. The van der Waals surface area contributed by atoms with E-state index in [9.17, 15) is 8.42 Å². The van der Waals surface area contributed by atoms with E-state index < -0.39 is 10.0 Å². The Morgan fingerprint density at radius 1 is 1.23 bits per heavy atom. The fourth-order valence-corrected chi connectivity index (χ4v) is 4.10. The zero-order valence-electron chi connectivity index (χ0n) is 12.5. The normalized spacial score (nSPS) is 13.5. The van der Waals surface area contributed by atoms with Gasteiger partial charge < -0.3 is 4.90 Å². The van der Waals surface area contributed by atoms with Crippen molar-refractivity contribution >= 4 is 33.0 Å². The highest BCUT2D eigenvalue weighted by atomic mass is 35.5. The molecule has 1 unspecified atom stereocenters. The molecular weight excluding hydrogens is 340 g/mol. The fourth-order valence-electron chi connectivity index (χ4n) is 2.12. The van der Waals surface area contributed by atoms with Gasteiger partial charge in [0.1, 0.15) is 0 Å². The fraction of sp³-hybridized carbons (Fsp3) is 0.333. The first-order valence-electron chi connectivity index (χ1n) is 6.78. The Labute approximate surface area is 140 Å². The number of sulfonamides is 1. The number of nitrogens with one attached hydrogen (secondary N) is 1. The number of rotatable bonds is 7. The molecule has 1 N–H and O–H groups in total. The van der Waals surface area contributed by atoms with Gasteiger partial charge in [0.15, 0.2) is 0 Å². The lowest BCUT2D eigenvalue weighted by Crippen LogP contribution is -2.35. The van der Waals surface area contributed by atoms with E-state index in [4.69, 9.17) is 11.6 Å². The van der Waals surface area contributed by atoms with Crippen LogP contribution in [-0.4, -0.2) is 34.0 Å². The second kappa shape index (κ2) is 7.57. The number of hydrogen-bond acceptors (Lipinski definition) is 4. The van der Waals surface area contributed by atoms with Crippen LogP contribution in [0.2, 0.25) is 5.02 Å². The molecule has 2 aromatic rings. The summed E-state index contributed by atoms with van der Waals surface area (Å²) in [6, 6.07) is 8.88. The number of hydrogen-bond donors (Lipinski definition) is 1. The first-order chi connectivity index (χ1) is 10.4. The molecule has 1 aromatic heterocycles. The number of benzene rings is 1. The minimum atomic E-state index is -3.38. The van der Waals surface area contributed by atoms with E-state index in [1.807, 2.05) is 35.8 Å². The Morgan fingerprint density at radius 3 is 2.45 bits per heavy atom. The Kier molecular flexibility index (Phi) is 6.00. The summed E-state index contributed by atoms with van der Waals surface area (Å²) in [7, 11) is 0.497. The van der Waals surface area contributed by atoms with Gasteiger partial charge in [-0.2, -0.15) is 11.3 Å². The first-order valence-corrected chi connectivity index (χ1v) is 9.75. The van der Waals surface area contributed by atoms with Crippen LogP contribution in [0.1, 0.15) is 17.2 Å². The maximum atomic E-state index is 12.2. The molecule has 0 saturated carbocycles. The standard InChI is InChI=1S/C15H19ClN2O2S2/c1-18(2)15(13-7-8-21-10-13)9-17-22(19,20)11-12-3-5-14(16)6-4-12/h3-8,10,15,17H,9,11H2,1-2H3. The topological polar surface area (TPSA) is 49.4 Å². The van der Waals surface area contributed by atoms with E-state index in [1.165, 1.54) is 0 Å². The van der Waals surface area contributed by atoms with E-state index in [0.29, 0.717) is 17.1 Å². The SMILES string of the molecule is CN(C)C(CNS(=O)(=O)Cc1ccc(Cl)cc1)c1ccsc1. The Hall–Kier alpha value is -0.920. The molecule has 0 aliphatic rings. The van der Waals surface area contributed by atoms with Gasteiger partial charge in [-0.3, -0.25) is 0 Å². The molecule has 0 aliphatic heterocycles. The van der Waals surface area contributed by atoms with Crippen molar-refractivity contribution in [3.05, 3.63) is 57.2 Å². The van der Waals surface area contributed by atoms with Crippen LogP contribution in [-0.2, 0) is 15.8 Å². The van der Waals surface area contributed by atoms with Crippen molar-refractivity contribution in [1.29, 1.82) is 0 Å². The van der Waals surface area contributed by atoms with Crippen LogP contribution in [0.5, 0.6) is 0 Å². The summed E-state index contributed by atoms with van der Waals surface area (Å²) < 4.78 is 27.1. The molecule has 1 atom stereocenters. The second-order valence-electron chi connectivity index (χ2n) is 5.27. The third kappa shape index (κ3) is 5.07. The third-order valence-corrected chi connectivity index (χ3v) is 5.59. The van der Waals surface area contributed by atoms with Gasteiger partial charge in [-0.25, -0.2) is 13.1 Å². The molecule has 0 amide bonds. The summed E-state index contributed by atoms with van der Waals surface area (Å²) >= 11 is 7.41. The average molecular weight is 359 g/mol. The number of nitrogens with zero attached hydrogens (tertiary/aromatic N) is 1. The molecule has 1 aromatic carbocycles. The van der Waals surface area contributed by atoms with Gasteiger partial charge >= 0.3 is 0 Å². The summed E-state index contributed by atoms with van der Waals surface area (Å²) in [5, 5.41) is 4.63. The molecule has 0 fully saturated rings.